The third-order valence-electron chi connectivity index (χ3n) is 2.89. The normalized spacial score (nSPS) is 13.6. The zero-order valence-electron chi connectivity index (χ0n) is 11.1. The molecule has 20 heavy (non-hydrogen) atoms. The number of ether oxygens (including phenoxy) is 1. The number of rotatable bonds is 5. The molecule has 0 aromatic heterocycles. The van der Waals surface area contributed by atoms with Crippen LogP contribution in [-0.4, -0.2) is 22.1 Å². The second kappa shape index (κ2) is 6.32. The maximum atomic E-state index is 11.1. The summed E-state index contributed by atoms with van der Waals surface area (Å²) < 4.78 is 5.63. The van der Waals surface area contributed by atoms with Crippen molar-refractivity contribution < 1.29 is 19.7 Å². The first kappa shape index (κ1) is 14.2. The Balaban J connectivity index is 2.18. The van der Waals surface area contributed by atoms with Gasteiger partial charge in [0.15, 0.2) is 5.78 Å². The molecule has 0 bridgehead atoms. The summed E-state index contributed by atoms with van der Waals surface area (Å²) in [6.07, 6.45) is -2.69. The molecule has 0 spiro atoms. The van der Waals surface area contributed by atoms with Crippen molar-refractivity contribution in [1.29, 1.82) is 0 Å². The fraction of sp³-hybridized carbons (Fsp3) is 0.188. The quantitative estimate of drug-likeness (QED) is 0.877. The minimum atomic E-state index is -1.43. The Morgan fingerprint density at radius 1 is 1.00 bits per heavy atom. The van der Waals surface area contributed by atoms with Crippen LogP contribution in [0.5, 0.6) is 11.5 Å². The molecule has 0 saturated heterocycles. The summed E-state index contributed by atoms with van der Waals surface area (Å²) >= 11 is 0. The molecular weight excluding hydrogens is 256 g/mol. The molecule has 0 radical (unpaired) electrons. The largest absolute Gasteiger partial charge is 0.457 e. The zero-order valence-corrected chi connectivity index (χ0v) is 11.1. The number of Topliss-reactive ketones (excluding diaryl/α,β-unsaturated/α-hetero) is 1. The number of benzene rings is 2. The first-order valence-corrected chi connectivity index (χ1v) is 6.27. The molecule has 4 heteroatoms. The van der Waals surface area contributed by atoms with Crippen molar-refractivity contribution >= 4 is 5.78 Å². The van der Waals surface area contributed by atoms with E-state index >= 15 is 0 Å². The number of carbonyl (C=O) groups excluding carboxylic acids is 1. The van der Waals surface area contributed by atoms with E-state index in [0.29, 0.717) is 17.1 Å². The summed E-state index contributed by atoms with van der Waals surface area (Å²) in [5.74, 6) is 0.724. The van der Waals surface area contributed by atoms with Crippen LogP contribution in [0, 0.1) is 0 Å². The van der Waals surface area contributed by atoms with E-state index in [1.165, 1.54) is 6.92 Å². The number of aliphatic hydroxyl groups excluding tert-OH is 2. The lowest BCUT2D eigenvalue weighted by Crippen LogP contribution is -2.25. The van der Waals surface area contributed by atoms with Crippen LogP contribution in [0.25, 0.3) is 0 Å². The number of aliphatic hydroxyl groups is 2. The van der Waals surface area contributed by atoms with Gasteiger partial charge in [-0.3, -0.25) is 4.79 Å². The Morgan fingerprint density at radius 3 is 2.30 bits per heavy atom. The van der Waals surface area contributed by atoms with Crippen molar-refractivity contribution in [2.24, 2.45) is 0 Å². The highest BCUT2D eigenvalue weighted by Crippen LogP contribution is 2.25. The van der Waals surface area contributed by atoms with Gasteiger partial charge in [-0.15, -0.1) is 0 Å². The summed E-state index contributed by atoms with van der Waals surface area (Å²) in [6, 6.07) is 15.9. The first-order valence-electron chi connectivity index (χ1n) is 6.27. The molecule has 0 fully saturated rings. The van der Waals surface area contributed by atoms with Crippen LogP contribution < -0.4 is 4.74 Å². The predicted molar refractivity (Wildman–Crippen MR) is 74.6 cm³/mol. The van der Waals surface area contributed by atoms with Gasteiger partial charge in [-0.25, -0.2) is 0 Å². The summed E-state index contributed by atoms with van der Waals surface area (Å²) in [7, 11) is 0. The molecule has 0 saturated carbocycles. The lowest BCUT2D eigenvalue weighted by Gasteiger charge is -2.16. The number of ketones is 1. The summed E-state index contributed by atoms with van der Waals surface area (Å²) in [6.45, 7) is 1.23. The van der Waals surface area contributed by atoms with Crippen molar-refractivity contribution in [3.8, 4) is 11.5 Å². The minimum absolute atomic E-state index is 0.432. The van der Waals surface area contributed by atoms with E-state index in [1.54, 1.807) is 24.3 Å². The first-order chi connectivity index (χ1) is 9.58. The monoisotopic (exact) mass is 272 g/mol. The third kappa shape index (κ3) is 3.44. The van der Waals surface area contributed by atoms with Crippen molar-refractivity contribution in [3.63, 3.8) is 0 Å². The van der Waals surface area contributed by atoms with Crippen LogP contribution in [0.15, 0.2) is 54.6 Å². The van der Waals surface area contributed by atoms with Crippen LogP contribution in [0.4, 0.5) is 0 Å². The number of hydrogen-bond acceptors (Lipinski definition) is 4. The van der Waals surface area contributed by atoms with E-state index in [-0.39, 0.29) is 0 Å². The third-order valence-corrected chi connectivity index (χ3v) is 2.89. The summed E-state index contributed by atoms with van der Waals surface area (Å²) in [5, 5.41) is 19.5. The fourth-order valence-corrected chi connectivity index (χ4v) is 1.79. The molecule has 0 aliphatic carbocycles. The second-order valence-electron chi connectivity index (χ2n) is 4.49. The van der Waals surface area contributed by atoms with E-state index in [1.807, 2.05) is 30.3 Å². The van der Waals surface area contributed by atoms with Gasteiger partial charge in [0.2, 0.25) is 0 Å². The molecule has 0 aliphatic heterocycles. The lowest BCUT2D eigenvalue weighted by molar-refractivity contribution is -0.130. The Bertz CT molecular complexity index is 580. The Labute approximate surface area is 117 Å². The van der Waals surface area contributed by atoms with E-state index in [4.69, 9.17) is 4.74 Å². The predicted octanol–water partition coefficient (Wildman–Crippen LogP) is 2.46. The Morgan fingerprint density at radius 2 is 1.65 bits per heavy atom. The van der Waals surface area contributed by atoms with Gasteiger partial charge in [0, 0.05) is 0 Å². The minimum Gasteiger partial charge on any atom is -0.457 e. The maximum Gasteiger partial charge on any atom is 0.161 e. The number of hydrogen-bond donors (Lipinski definition) is 2. The lowest BCUT2D eigenvalue weighted by atomic mass is 10.0. The molecular formula is C16H16O4. The van der Waals surface area contributed by atoms with Gasteiger partial charge < -0.3 is 14.9 Å². The van der Waals surface area contributed by atoms with Gasteiger partial charge in [0.05, 0.1) is 0 Å². The Kier molecular flexibility index (Phi) is 4.50. The summed E-state index contributed by atoms with van der Waals surface area (Å²) in [5.41, 5.74) is 0.432. The molecule has 2 rings (SSSR count). The number of para-hydroxylation sites is 1. The van der Waals surface area contributed by atoms with Crippen molar-refractivity contribution in [3.05, 3.63) is 60.2 Å². The van der Waals surface area contributed by atoms with Crippen LogP contribution in [0.3, 0.4) is 0 Å². The van der Waals surface area contributed by atoms with Gasteiger partial charge >= 0.3 is 0 Å². The SMILES string of the molecule is CC(=O)[C@H](O)[C@@H](O)c1cccc(Oc2ccccc2)c1. The molecule has 2 aromatic carbocycles. The van der Waals surface area contributed by atoms with Crippen molar-refractivity contribution in [1.82, 2.24) is 0 Å². The van der Waals surface area contributed by atoms with E-state index in [0.717, 1.165) is 0 Å². The molecule has 2 aromatic rings. The van der Waals surface area contributed by atoms with Crippen LogP contribution >= 0.6 is 0 Å². The Hall–Kier alpha value is -2.17. The number of carbonyl (C=O) groups is 1. The average Bonchev–Trinajstić information content (AvgIpc) is 2.47. The molecule has 2 N–H and O–H groups in total. The van der Waals surface area contributed by atoms with Crippen molar-refractivity contribution in [2.75, 3.05) is 0 Å². The van der Waals surface area contributed by atoms with Crippen molar-refractivity contribution in [2.45, 2.75) is 19.1 Å². The van der Waals surface area contributed by atoms with Crippen LogP contribution in [0.2, 0.25) is 0 Å². The van der Waals surface area contributed by atoms with E-state index < -0.39 is 18.0 Å². The van der Waals surface area contributed by atoms with Gasteiger partial charge in [-0.1, -0.05) is 30.3 Å². The molecule has 104 valence electrons. The average molecular weight is 272 g/mol. The second-order valence-corrected chi connectivity index (χ2v) is 4.49. The molecule has 0 amide bonds. The highest BCUT2D eigenvalue weighted by atomic mass is 16.5. The molecule has 0 aliphatic rings. The topological polar surface area (TPSA) is 66.8 Å². The van der Waals surface area contributed by atoms with Gasteiger partial charge in [0.25, 0.3) is 0 Å². The van der Waals surface area contributed by atoms with Crippen LogP contribution in [0.1, 0.15) is 18.6 Å². The van der Waals surface area contributed by atoms with Gasteiger partial charge in [-0.05, 0) is 36.8 Å². The smallest absolute Gasteiger partial charge is 0.161 e. The van der Waals surface area contributed by atoms with Crippen LogP contribution in [-0.2, 0) is 4.79 Å². The van der Waals surface area contributed by atoms with E-state index in [9.17, 15) is 15.0 Å². The van der Waals surface area contributed by atoms with Gasteiger partial charge in [0.1, 0.15) is 23.7 Å². The standard InChI is InChI=1S/C16H16O4/c1-11(17)15(18)16(19)12-6-5-9-14(10-12)20-13-7-3-2-4-8-13/h2-10,15-16,18-19H,1H3/t15-,16-/m0/s1. The highest BCUT2D eigenvalue weighted by Gasteiger charge is 2.22. The highest BCUT2D eigenvalue weighted by molar-refractivity contribution is 5.81. The van der Waals surface area contributed by atoms with E-state index in [2.05, 4.69) is 0 Å². The van der Waals surface area contributed by atoms with Gasteiger partial charge in [-0.2, -0.15) is 0 Å². The molecule has 0 heterocycles. The zero-order chi connectivity index (χ0) is 14.5. The summed E-state index contributed by atoms with van der Waals surface area (Å²) in [4.78, 5) is 11.1. The fourth-order valence-electron chi connectivity index (χ4n) is 1.79. The molecule has 2 atom stereocenters. The molecule has 0 unspecified atom stereocenters. The maximum absolute atomic E-state index is 11.1. The molecule has 4 nitrogen and oxygen atoms in total.